The van der Waals surface area contributed by atoms with E-state index in [4.69, 9.17) is 3.57 Å². The Labute approximate surface area is 63.2 Å². The molecule has 0 aliphatic carbocycles. The summed E-state index contributed by atoms with van der Waals surface area (Å²) in [6.45, 7) is 0. The smallest absolute Gasteiger partial charge is 0 e. The first-order chi connectivity index (χ1) is 1.00. The molecule has 0 aliphatic heterocycles. The molecule has 0 rings (SSSR count). The fourth-order valence-corrected chi connectivity index (χ4v) is 0. The number of hydrogen-bond acceptors (Lipinski definition) is 1. The Hall–Kier alpha value is 1.01. The predicted molar refractivity (Wildman–Crippen MR) is 19.9 cm³/mol. The van der Waals surface area contributed by atoms with Gasteiger partial charge in [-0.05, 0) is 0 Å². The Morgan fingerprint density at radius 1 is 1.17 bits per heavy atom. The molecule has 0 amide bonds. The van der Waals surface area contributed by atoms with Crippen molar-refractivity contribution in [2.45, 2.75) is 14.9 Å². The third-order valence-corrected chi connectivity index (χ3v) is 0. The summed E-state index contributed by atoms with van der Waals surface area (Å²) in [5.41, 5.74) is 0. The van der Waals surface area contributed by atoms with Crippen LogP contribution >= 0.6 is 0 Å². The standard InChI is InChI=1S/2CH4.H2O.O.2Zn.H2/h2*1H4;1H2;;;;1H. The molecule has 4 heteroatoms. The van der Waals surface area contributed by atoms with E-state index in [0.717, 1.165) is 0 Å². The third kappa shape index (κ3) is 79.3. The molecule has 0 aliphatic rings. The van der Waals surface area contributed by atoms with E-state index in [9.17, 15) is 0 Å². The molecule has 0 saturated heterocycles. The maximum Gasteiger partial charge on any atom is 0 e. The molecule has 0 aromatic heterocycles. The van der Waals surface area contributed by atoms with Gasteiger partial charge in [0.2, 0.25) is 0 Å². The number of hydrogen-bond donors (Lipinski definition) is 0. The van der Waals surface area contributed by atoms with Gasteiger partial charge in [-0.1, -0.05) is 14.9 Å². The van der Waals surface area contributed by atoms with Gasteiger partial charge in [-0.15, -0.1) is 0 Å². The monoisotopic (exact) mass is 196 g/mol. The molecular weight excluding hydrogens is 187 g/mol. The van der Waals surface area contributed by atoms with Gasteiger partial charge in [0, 0.05) is 20.9 Å². The summed E-state index contributed by atoms with van der Waals surface area (Å²) in [4.78, 5) is 0. The van der Waals surface area contributed by atoms with Crippen LogP contribution in [-0.4, -0.2) is 5.48 Å². The molecule has 0 aromatic carbocycles. The van der Waals surface area contributed by atoms with E-state index in [2.05, 4.69) is 0 Å². The summed E-state index contributed by atoms with van der Waals surface area (Å²) in [5.74, 6) is 0. The molecule has 0 atom stereocenters. The van der Waals surface area contributed by atoms with Gasteiger partial charge in [0.05, 0.1) is 0 Å². The van der Waals surface area contributed by atoms with Gasteiger partial charge < -0.3 is 5.48 Å². The van der Waals surface area contributed by atoms with Crippen LogP contribution in [0.2, 0.25) is 0 Å². The van der Waals surface area contributed by atoms with E-state index in [-0.39, 0.29) is 59.5 Å². The zero-order chi connectivity index (χ0) is 2.00. The SMILES string of the molecule is C.C.O.[HH].[O]=[Zn].[Zn]. The van der Waals surface area contributed by atoms with Crippen molar-refractivity contribution in [1.29, 1.82) is 0 Å². The molecule has 2 N–H and O–H groups in total. The Bertz CT molecular complexity index is 13.7. The molecule has 0 fully saturated rings. The van der Waals surface area contributed by atoms with Crippen molar-refractivity contribution in [3.63, 3.8) is 0 Å². The molecule has 36 valence electrons. The summed E-state index contributed by atoms with van der Waals surface area (Å²) in [6.07, 6.45) is 0. The fraction of sp³-hybridized carbons (Fsp3) is 1.00. The van der Waals surface area contributed by atoms with Crippen molar-refractivity contribution in [1.82, 2.24) is 0 Å². The zero-order valence-corrected chi connectivity index (χ0v) is 8.26. The molecule has 0 saturated carbocycles. The van der Waals surface area contributed by atoms with E-state index < -0.39 is 0 Å². The van der Waals surface area contributed by atoms with Crippen LogP contribution in [0.4, 0.5) is 0 Å². The summed E-state index contributed by atoms with van der Waals surface area (Å²) in [7, 11) is 0. The van der Waals surface area contributed by atoms with E-state index in [1.54, 1.807) is 0 Å². The normalized spacial score (nSPS) is 1.00. The predicted octanol–water partition coefficient (Wildman–Crippen LogP) is 0.570. The Kier molecular flexibility index (Phi) is 1550. The average molecular weight is 199 g/mol. The van der Waals surface area contributed by atoms with Crippen molar-refractivity contribution >= 4 is 0 Å². The minimum absolute atomic E-state index is 0. The second-order valence-corrected chi connectivity index (χ2v) is 0. The first-order valence-corrected chi connectivity index (χ1v) is 1.50. The molecule has 0 spiro atoms. The van der Waals surface area contributed by atoms with Gasteiger partial charge in [0.1, 0.15) is 0 Å². The Balaban J connectivity index is -0.000000000500. The maximum atomic E-state index is 8.38. The largest absolute Gasteiger partial charge is 0 e. The fourth-order valence-electron chi connectivity index (χ4n) is 0. The van der Waals surface area contributed by atoms with E-state index in [1.807, 2.05) is 0 Å². The van der Waals surface area contributed by atoms with Crippen LogP contribution in [0, 0.1) is 0 Å². The summed E-state index contributed by atoms with van der Waals surface area (Å²) >= 11 is 0.125. The first kappa shape index (κ1) is 62.8. The van der Waals surface area contributed by atoms with Gasteiger partial charge in [-0.25, -0.2) is 0 Å². The van der Waals surface area contributed by atoms with Crippen LogP contribution in [0.3, 0.4) is 0 Å². The molecule has 0 aromatic rings. The van der Waals surface area contributed by atoms with Gasteiger partial charge in [0.15, 0.2) is 0 Å². The quantitative estimate of drug-likeness (QED) is 0.526. The molecule has 2 nitrogen and oxygen atoms in total. The van der Waals surface area contributed by atoms with Crippen LogP contribution in [0.25, 0.3) is 0 Å². The van der Waals surface area contributed by atoms with Gasteiger partial charge in [-0.3, -0.25) is 0 Å². The molecule has 0 unspecified atom stereocenters. The van der Waals surface area contributed by atoms with Crippen molar-refractivity contribution in [2.75, 3.05) is 0 Å². The van der Waals surface area contributed by atoms with E-state index in [0.29, 0.717) is 0 Å². The van der Waals surface area contributed by atoms with E-state index in [1.165, 1.54) is 0 Å². The first-order valence-electron chi connectivity index (χ1n) is 0.289. The average Bonchev–Trinajstić information content (AvgIpc) is 1.00. The summed E-state index contributed by atoms with van der Waals surface area (Å²) < 4.78 is 8.38. The Morgan fingerprint density at radius 3 is 1.17 bits per heavy atom. The van der Waals surface area contributed by atoms with Gasteiger partial charge >= 0.3 is 21.8 Å². The van der Waals surface area contributed by atoms with E-state index >= 15 is 0 Å². The molecule has 0 bridgehead atoms. The zero-order valence-electron chi connectivity index (χ0n) is 2.32. The second-order valence-electron chi connectivity index (χ2n) is 0. The van der Waals surface area contributed by atoms with Crippen molar-refractivity contribution in [3.05, 3.63) is 0 Å². The summed E-state index contributed by atoms with van der Waals surface area (Å²) in [5, 5.41) is 0. The molecule has 0 radical (unpaired) electrons. The third-order valence-electron chi connectivity index (χ3n) is 0. The summed E-state index contributed by atoms with van der Waals surface area (Å²) in [6, 6.07) is 0. The van der Waals surface area contributed by atoms with Crippen LogP contribution in [-0.2, 0) is 41.3 Å². The topological polar surface area (TPSA) is 48.6 Å². The minimum Gasteiger partial charge on any atom is 0 e. The van der Waals surface area contributed by atoms with Gasteiger partial charge in [0.25, 0.3) is 0 Å². The van der Waals surface area contributed by atoms with Crippen LogP contribution in [0.5, 0.6) is 0 Å². The minimum atomic E-state index is 0. The van der Waals surface area contributed by atoms with Gasteiger partial charge in [-0.2, -0.15) is 0 Å². The maximum absolute atomic E-state index is 8.38. The van der Waals surface area contributed by atoms with Crippen molar-refractivity contribution in [2.24, 2.45) is 0 Å². The van der Waals surface area contributed by atoms with Crippen molar-refractivity contribution in [3.8, 4) is 0 Å². The Morgan fingerprint density at radius 2 is 1.17 bits per heavy atom. The van der Waals surface area contributed by atoms with Crippen molar-refractivity contribution < 1.29 is 48.2 Å². The molecule has 0 heterocycles. The molecule has 6 heavy (non-hydrogen) atoms. The second kappa shape index (κ2) is 149. The number of rotatable bonds is 0. The van der Waals surface area contributed by atoms with Crippen LogP contribution in [0.15, 0.2) is 0 Å². The van der Waals surface area contributed by atoms with Crippen LogP contribution < -0.4 is 0 Å². The molecular formula is C2H12O2Zn2. The van der Waals surface area contributed by atoms with Crippen LogP contribution in [0.1, 0.15) is 16.3 Å².